The van der Waals surface area contributed by atoms with Gasteiger partial charge < -0.3 is 4.74 Å². The molecular weight excluding hydrogens is 277 g/mol. The highest BCUT2D eigenvalue weighted by Crippen LogP contribution is 2.26. The zero-order chi connectivity index (χ0) is 10.7. The fourth-order valence-corrected chi connectivity index (χ4v) is 2.76. The second-order valence-electron chi connectivity index (χ2n) is 3.74. The number of halogens is 2. The highest BCUT2D eigenvalue weighted by atomic mass is 79.9. The van der Waals surface area contributed by atoms with Gasteiger partial charge in [-0.2, -0.15) is 0 Å². The molecule has 1 aliphatic heterocycles. The highest BCUT2D eigenvalue weighted by molar-refractivity contribution is 9.09. The van der Waals surface area contributed by atoms with E-state index in [1.807, 2.05) is 6.07 Å². The lowest BCUT2D eigenvalue weighted by atomic mass is 10.1. The molecule has 1 aromatic rings. The number of nitrogens with zero attached hydrogens (tertiary/aromatic N) is 1. The molecule has 0 aliphatic carbocycles. The normalized spacial score (nSPS) is 22.9. The third kappa shape index (κ3) is 2.92. The number of ether oxygens (including phenoxy) is 1. The van der Waals surface area contributed by atoms with Gasteiger partial charge in [-0.3, -0.25) is 4.98 Å². The molecule has 2 nitrogen and oxygen atoms in total. The molecule has 0 bridgehead atoms. The maximum Gasteiger partial charge on any atom is 0.0704 e. The van der Waals surface area contributed by atoms with E-state index in [4.69, 9.17) is 16.3 Å². The Labute approximate surface area is 103 Å². The van der Waals surface area contributed by atoms with Crippen LogP contribution in [0.25, 0.3) is 0 Å². The van der Waals surface area contributed by atoms with E-state index in [1.165, 1.54) is 0 Å². The predicted molar refractivity (Wildman–Crippen MR) is 64.6 cm³/mol. The lowest BCUT2D eigenvalue weighted by molar-refractivity contribution is 0.110. The summed E-state index contributed by atoms with van der Waals surface area (Å²) in [5.41, 5.74) is 1.13. The van der Waals surface area contributed by atoms with Crippen LogP contribution in [0, 0.1) is 0 Å². The third-order valence-corrected chi connectivity index (χ3v) is 3.89. The molecule has 1 aromatic heterocycles. The molecule has 4 heteroatoms. The van der Waals surface area contributed by atoms with Crippen LogP contribution in [0.2, 0.25) is 5.02 Å². The standard InChI is InChI=1S/C11H13BrClNO/c12-9(11-2-1-5-15-11)6-8-3-4-14-7-10(8)13/h3-4,7,9,11H,1-2,5-6H2. The molecule has 2 heterocycles. The Bertz CT molecular complexity index is 328. The van der Waals surface area contributed by atoms with Gasteiger partial charge in [-0.1, -0.05) is 27.5 Å². The van der Waals surface area contributed by atoms with E-state index in [1.54, 1.807) is 12.4 Å². The average Bonchev–Trinajstić information content (AvgIpc) is 2.74. The van der Waals surface area contributed by atoms with E-state index in [0.717, 1.165) is 36.5 Å². The van der Waals surface area contributed by atoms with Gasteiger partial charge in [0.05, 0.1) is 11.1 Å². The van der Waals surface area contributed by atoms with Crippen molar-refractivity contribution in [3.63, 3.8) is 0 Å². The average molecular weight is 291 g/mol. The van der Waals surface area contributed by atoms with Gasteiger partial charge in [-0.15, -0.1) is 0 Å². The number of hydrogen-bond acceptors (Lipinski definition) is 2. The molecule has 0 aromatic carbocycles. The van der Waals surface area contributed by atoms with Gasteiger partial charge >= 0.3 is 0 Å². The minimum absolute atomic E-state index is 0.328. The third-order valence-electron chi connectivity index (χ3n) is 2.64. The van der Waals surface area contributed by atoms with Crippen LogP contribution < -0.4 is 0 Å². The van der Waals surface area contributed by atoms with Crippen LogP contribution in [-0.4, -0.2) is 22.5 Å². The summed E-state index contributed by atoms with van der Waals surface area (Å²) in [5, 5.41) is 0.736. The van der Waals surface area contributed by atoms with Crippen molar-refractivity contribution in [3.8, 4) is 0 Å². The van der Waals surface area contributed by atoms with E-state index >= 15 is 0 Å². The Balaban J connectivity index is 1.99. The molecule has 2 rings (SSSR count). The molecule has 1 saturated heterocycles. The van der Waals surface area contributed by atoms with Gasteiger partial charge in [-0.25, -0.2) is 0 Å². The number of pyridine rings is 1. The fraction of sp³-hybridized carbons (Fsp3) is 0.545. The molecule has 0 amide bonds. The first-order valence-electron chi connectivity index (χ1n) is 5.11. The van der Waals surface area contributed by atoms with Gasteiger partial charge in [0.2, 0.25) is 0 Å². The molecule has 0 spiro atoms. The summed E-state index contributed by atoms with van der Waals surface area (Å²) in [6, 6.07) is 1.96. The molecule has 2 unspecified atom stereocenters. The van der Waals surface area contributed by atoms with E-state index in [2.05, 4.69) is 20.9 Å². The molecular formula is C11H13BrClNO. The van der Waals surface area contributed by atoms with Crippen molar-refractivity contribution >= 4 is 27.5 Å². The van der Waals surface area contributed by atoms with Crippen LogP contribution >= 0.6 is 27.5 Å². The lowest BCUT2D eigenvalue weighted by Gasteiger charge is -2.17. The van der Waals surface area contributed by atoms with Crippen LogP contribution in [0.1, 0.15) is 18.4 Å². The van der Waals surface area contributed by atoms with Crippen molar-refractivity contribution in [1.82, 2.24) is 4.98 Å². The smallest absolute Gasteiger partial charge is 0.0704 e. The van der Waals surface area contributed by atoms with E-state index in [0.29, 0.717) is 10.9 Å². The molecule has 0 saturated carbocycles. The van der Waals surface area contributed by atoms with E-state index in [-0.39, 0.29) is 0 Å². The van der Waals surface area contributed by atoms with Crippen LogP contribution in [-0.2, 0) is 11.2 Å². The Hall–Kier alpha value is -0.120. The van der Waals surface area contributed by atoms with Crippen molar-refractivity contribution < 1.29 is 4.74 Å². The topological polar surface area (TPSA) is 22.1 Å². The second-order valence-corrected chi connectivity index (χ2v) is 5.32. The quantitative estimate of drug-likeness (QED) is 0.798. The SMILES string of the molecule is Clc1cnccc1CC(Br)C1CCCO1. The summed E-state index contributed by atoms with van der Waals surface area (Å²) in [5.74, 6) is 0. The summed E-state index contributed by atoms with van der Waals surface area (Å²) < 4.78 is 5.62. The Morgan fingerprint density at radius 1 is 1.67 bits per heavy atom. The van der Waals surface area contributed by atoms with Gasteiger partial charge in [-0.05, 0) is 30.9 Å². The largest absolute Gasteiger partial charge is 0.377 e. The Kier molecular flexibility index (Phi) is 4.00. The van der Waals surface area contributed by atoms with Gasteiger partial charge in [0.1, 0.15) is 0 Å². The van der Waals surface area contributed by atoms with Crippen molar-refractivity contribution in [2.45, 2.75) is 30.2 Å². The number of hydrogen-bond donors (Lipinski definition) is 0. The second kappa shape index (κ2) is 5.28. The zero-order valence-electron chi connectivity index (χ0n) is 8.33. The molecule has 0 N–H and O–H groups in total. The number of aromatic nitrogens is 1. The summed E-state index contributed by atoms with van der Waals surface area (Å²) >= 11 is 9.72. The number of alkyl halides is 1. The van der Waals surface area contributed by atoms with Crippen LogP contribution in [0.3, 0.4) is 0 Å². The van der Waals surface area contributed by atoms with Crippen LogP contribution in [0.15, 0.2) is 18.5 Å². The van der Waals surface area contributed by atoms with Crippen molar-refractivity contribution in [1.29, 1.82) is 0 Å². The van der Waals surface area contributed by atoms with Crippen molar-refractivity contribution in [2.24, 2.45) is 0 Å². The zero-order valence-corrected chi connectivity index (χ0v) is 10.7. The Morgan fingerprint density at radius 3 is 3.20 bits per heavy atom. The molecule has 15 heavy (non-hydrogen) atoms. The van der Waals surface area contributed by atoms with Gasteiger partial charge in [0.25, 0.3) is 0 Å². The van der Waals surface area contributed by atoms with Crippen LogP contribution in [0.5, 0.6) is 0 Å². The van der Waals surface area contributed by atoms with Crippen molar-refractivity contribution in [2.75, 3.05) is 6.61 Å². The molecule has 2 atom stereocenters. The summed E-state index contributed by atoms with van der Waals surface area (Å²) in [6.45, 7) is 0.886. The van der Waals surface area contributed by atoms with E-state index < -0.39 is 0 Å². The first kappa shape index (κ1) is 11.4. The van der Waals surface area contributed by atoms with Gasteiger partial charge in [0.15, 0.2) is 0 Å². The predicted octanol–water partition coefficient (Wildman–Crippen LogP) is 3.22. The van der Waals surface area contributed by atoms with Gasteiger partial charge in [0, 0.05) is 23.8 Å². The monoisotopic (exact) mass is 289 g/mol. The van der Waals surface area contributed by atoms with Crippen LogP contribution in [0.4, 0.5) is 0 Å². The summed E-state index contributed by atoms with van der Waals surface area (Å²) in [4.78, 5) is 4.32. The highest BCUT2D eigenvalue weighted by Gasteiger charge is 2.24. The molecule has 0 radical (unpaired) electrons. The maximum atomic E-state index is 6.05. The summed E-state index contributed by atoms with van der Waals surface area (Å²) in [7, 11) is 0. The van der Waals surface area contributed by atoms with Crippen molar-refractivity contribution in [3.05, 3.63) is 29.0 Å². The lowest BCUT2D eigenvalue weighted by Crippen LogP contribution is -2.21. The first-order valence-corrected chi connectivity index (χ1v) is 6.41. The first-order chi connectivity index (χ1) is 7.27. The molecule has 82 valence electrons. The fourth-order valence-electron chi connectivity index (χ4n) is 1.80. The van der Waals surface area contributed by atoms with E-state index in [9.17, 15) is 0 Å². The minimum Gasteiger partial charge on any atom is -0.377 e. The minimum atomic E-state index is 0.328. The molecule has 1 aliphatic rings. The number of rotatable bonds is 3. The Morgan fingerprint density at radius 2 is 2.53 bits per heavy atom. The summed E-state index contributed by atoms with van der Waals surface area (Å²) in [6.07, 6.45) is 6.98. The maximum absolute atomic E-state index is 6.05. The molecule has 1 fully saturated rings.